The van der Waals surface area contributed by atoms with Gasteiger partial charge in [-0.05, 0) is 31.0 Å². The van der Waals surface area contributed by atoms with Crippen molar-refractivity contribution in [2.24, 2.45) is 0 Å². The van der Waals surface area contributed by atoms with Gasteiger partial charge in [0, 0.05) is 24.7 Å². The first-order chi connectivity index (χ1) is 9.74. The Kier molecular flexibility index (Phi) is 3.47. The Hall–Kier alpha value is -2.21. The van der Waals surface area contributed by atoms with Crippen LogP contribution in [0.1, 0.15) is 34.9 Å². The molecule has 0 aliphatic carbocycles. The van der Waals surface area contributed by atoms with E-state index in [0.717, 1.165) is 12.8 Å². The average Bonchev–Trinajstić information content (AvgIpc) is 2.98. The first kappa shape index (κ1) is 12.8. The number of hydrogen-bond acceptors (Lipinski definition) is 5. The molecule has 3 rings (SSSR count). The van der Waals surface area contributed by atoms with Crippen LogP contribution in [0.3, 0.4) is 0 Å². The molecule has 0 spiro atoms. The lowest BCUT2D eigenvalue weighted by Gasteiger charge is -2.18. The van der Waals surface area contributed by atoms with Gasteiger partial charge in [0.1, 0.15) is 0 Å². The monoisotopic (exact) mass is 274 g/mol. The lowest BCUT2D eigenvalue weighted by atomic mass is 10.00. The number of benzene rings is 1. The quantitative estimate of drug-likeness (QED) is 0.924. The van der Waals surface area contributed by atoms with Gasteiger partial charge in [0.05, 0.1) is 5.56 Å². The van der Waals surface area contributed by atoms with E-state index in [1.54, 1.807) is 12.1 Å². The van der Waals surface area contributed by atoms with Crippen LogP contribution >= 0.6 is 0 Å². The molecule has 1 aliphatic rings. The van der Waals surface area contributed by atoms with E-state index in [2.05, 4.69) is 10.1 Å². The molecule has 0 amide bonds. The van der Waals surface area contributed by atoms with Gasteiger partial charge in [-0.25, -0.2) is 4.79 Å². The van der Waals surface area contributed by atoms with Crippen LogP contribution < -0.4 is 0 Å². The number of ether oxygens (including phenoxy) is 1. The Balaban J connectivity index is 1.85. The summed E-state index contributed by atoms with van der Waals surface area (Å²) in [6.45, 7) is 1.42. The number of rotatable bonds is 3. The molecule has 2 aromatic rings. The first-order valence-corrected chi connectivity index (χ1v) is 6.49. The molecule has 1 aliphatic heterocycles. The molecule has 1 fully saturated rings. The summed E-state index contributed by atoms with van der Waals surface area (Å²) in [6, 6.07) is 6.48. The van der Waals surface area contributed by atoms with Crippen LogP contribution in [0, 0.1) is 0 Å². The third kappa shape index (κ3) is 2.55. The molecule has 0 bridgehead atoms. The number of carbonyl (C=O) groups is 1. The molecule has 20 heavy (non-hydrogen) atoms. The molecule has 6 nitrogen and oxygen atoms in total. The third-order valence-electron chi connectivity index (χ3n) is 3.38. The molecule has 0 saturated carbocycles. The second kappa shape index (κ2) is 5.42. The van der Waals surface area contributed by atoms with E-state index >= 15 is 0 Å². The summed E-state index contributed by atoms with van der Waals surface area (Å²) in [4.78, 5) is 15.3. The van der Waals surface area contributed by atoms with Gasteiger partial charge in [-0.3, -0.25) is 0 Å². The van der Waals surface area contributed by atoms with Crippen molar-refractivity contribution in [3.8, 4) is 11.5 Å². The largest absolute Gasteiger partial charge is 0.478 e. The number of hydrogen-bond donors (Lipinski definition) is 1. The van der Waals surface area contributed by atoms with Gasteiger partial charge in [-0.15, -0.1) is 0 Å². The van der Waals surface area contributed by atoms with Gasteiger partial charge >= 0.3 is 5.97 Å². The highest BCUT2D eigenvalue weighted by Crippen LogP contribution is 2.27. The van der Waals surface area contributed by atoms with Crippen LogP contribution in [0.25, 0.3) is 11.5 Å². The highest BCUT2D eigenvalue weighted by atomic mass is 16.5. The van der Waals surface area contributed by atoms with E-state index < -0.39 is 5.97 Å². The summed E-state index contributed by atoms with van der Waals surface area (Å²) < 4.78 is 10.5. The van der Waals surface area contributed by atoms with E-state index in [4.69, 9.17) is 14.4 Å². The van der Waals surface area contributed by atoms with Gasteiger partial charge < -0.3 is 14.4 Å². The van der Waals surface area contributed by atoms with Crippen molar-refractivity contribution < 1.29 is 19.2 Å². The molecular weight excluding hydrogens is 260 g/mol. The Labute approximate surface area is 115 Å². The zero-order valence-corrected chi connectivity index (χ0v) is 10.8. The van der Waals surface area contributed by atoms with Crippen molar-refractivity contribution in [3.05, 3.63) is 35.7 Å². The molecular formula is C14H14N2O4. The van der Waals surface area contributed by atoms with Crippen LogP contribution in [0.5, 0.6) is 0 Å². The third-order valence-corrected chi connectivity index (χ3v) is 3.38. The zero-order chi connectivity index (χ0) is 13.9. The number of carboxylic acids is 1. The lowest BCUT2D eigenvalue weighted by molar-refractivity contribution is 0.0697. The summed E-state index contributed by atoms with van der Waals surface area (Å²) in [6.07, 6.45) is 1.77. The smallest absolute Gasteiger partial charge is 0.335 e. The van der Waals surface area contributed by atoms with Gasteiger partial charge in [0.25, 0.3) is 5.89 Å². The molecule has 2 heterocycles. The standard InChI is InChI=1S/C14H14N2O4/c17-14(18)11-3-1-2-10(8-11)13-15-12(16-20-13)9-4-6-19-7-5-9/h1-3,8-9H,4-7H2,(H,17,18). The summed E-state index contributed by atoms with van der Waals surface area (Å²) in [5.41, 5.74) is 0.823. The summed E-state index contributed by atoms with van der Waals surface area (Å²) in [7, 11) is 0. The maximum Gasteiger partial charge on any atom is 0.335 e. The fourth-order valence-corrected chi connectivity index (χ4v) is 2.26. The van der Waals surface area contributed by atoms with Crippen LogP contribution in [0.2, 0.25) is 0 Å². The van der Waals surface area contributed by atoms with Crippen molar-refractivity contribution in [2.75, 3.05) is 13.2 Å². The molecule has 1 N–H and O–H groups in total. The minimum atomic E-state index is -0.976. The Morgan fingerprint density at radius 3 is 2.85 bits per heavy atom. The van der Waals surface area contributed by atoms with Gasteiger partial charge in [0.2, 0.25) is 0 Å². The van der Waals surface area contributed by atoms with Crippen molar-refractivity contribution in [3.63, 3.8) is 0 Å². The molecule has 0 radical (unpaired) electrons. The summed E-state index contributed by atoms with van der Waals surface area (Å²) in [5, 5.41) is 13.0. The number of aromatic carboxylic acids is 1. The topological polar surface area (TPSA) is 85.5 Å². The minimum Gasteiger partial charge on any atom is -0.478 e. The van der Waals surface area contributed by atoms with Crippen LogP contribution in [-0.2, 0) is 4.74 Å². The number of carboxylic acid groups (broad SMARTS) is 1. The van der Waals surface area contributed by atoms with E-state index in [1.165, 1.54) is 12.1 Å². The van der Waals surface area contributed by atoms with Gasteiger partial charge in [-0.2, -0.15) is 4.98 Å². The zero-order valence-electron chi connectivity index (χ0n) is 10.8. The predicted octanol–water partition coefficient (Wildman–Crippen LogP) is 2.33. The minimum absolute atomic E-state index is 0.202. The summed E-state index contributed by atoms with van der Waals surface area (Å²) in [5.74, 6) is 0.304. The Morgan fingerprint density at radius 1 is 1.30 bits per heavy atom. The van der Waals surface area contributed by atoms with Crippen molar-refractivity contribution in [2.45, 2.75) is 18.8 Å². The maximum absolute atomic E-state index is 11.0. The molecule has 6 heteroatoms. The van der Waals surface area contributed by atoms with Crippen LogP contribution in [0.4, 0.5) is 0 Å². The average molecular weight is 274 g/mol. The van der Waals surface area contributed by atoms with Gasteiger partial charge in [-0.1, -0.05) is 11.2 Å². The Morgan fingerprint density at radius 2 is 2.10 bits per heavy atom. The van der Waals surface area contributed by atoms with E-state index in [0.29, 0.717) is 30.5 Å². The predicted molar refractivity (Wildman–Crippen MR) is 69.5 cm³/mol. The van der Waals surface area contributed by atoms with Crippen molar-refractivity contribution in [1.82, 2.24) is 10.1 Å². The molecule has 1 aromatic heterocycles. The molecule has 104 valence electrons. The lowest BCUT2D eigenvalue weighted by Crippen LogP contribution is -2.15. The molecule has 1 aromatic carbocycles. The van der Waals surface area contributed by atoms with Crippen molar-refractivity contribution in [1.29, 1.82) is 0 Å². The maximum atomic E-state index is 11.0. The second-order valence-electron chi connectivity index (χ2n) is 4.73. The fourth-order valence-electron chi connectivity index (χ4n) is 2.26. The van der Waals surface area contributed by atoms with Crippen molar-refractivity contribution >= 4 is 5.97 Å². The van der Waals surface area contributed by atoms with Crippen LogP contribution in [-0.4, -0.2) is 34.4 Å². The van der Waals surface area contributed by atoms with Gasteiger partial charge in [0.15, 0.2) is 5.82 Å². The highest BCUT2D eigenvalue weighted by molar-refractivity contribution is 5.88. The van der Waals surface area contributed by atoms with E-state index in [-0.39, 0.29) is 11.5 Å². The highest BCUT2D eigenvalue weighted by Gasteiger charge is 2.22. The number of aromatic nitrogens is 2. The first-order valence-electron chi connectivity index (χ1n) is 6.49. The normalized spacial score (nSPS) is 16.2. The van der Waals surface area contributed by atoms with E-state index in [9.17, 15) is 4.79 Å². The fraction of sp³-hybridized carbons (Fsp3) is 0.357. The number of nitrogens with zero attached hydrogens (tertiary/aromatic N) is 2. The Bertz CT molecular complexity index is 617. The van der Waals surface area contributed by atoms with Crippen LogP contribution in [0.15, 0.2) is 28.8 Å². The molecule has 0 atom stereocenters. The summed E-state index contributed by atoms with van der Waals surface area (Å²) >= 11 is 0. The van der Waals surface area contributed by atoms with E-state index in [1.807, 2.05) is 0 Å². The molecule has 1 saturated heterocycles. The molecule has 0 unspecified atom stereocenters. The SMILES string of the molecule is O=C(O)c1cccc(-c2nc(C3CCOCC3)no2)c1. The second-order valence-corrected chi connectivity index (χ2v) is 4.73.